The van der Waals surface area contributed by atoms with Gasteiger partial charge in [0.05, 0.1) is 12.3 Å². The Morgan fingerprint density at radius 1 is 1.28 bits per heavy atom. The minimum absolute atomic E-state index is 0.0556. The van der Waals surface area contributed by atoms with E-state index in [1.165, 1.54) is 4.31 Å². The van der Waals surface area contributed by atoms with Crippen molar-refractivity contribution in [3.63, 3.8) is 0 Å². The number of halogens is 1. The molecule has 1 aromatic carbocycles. The molecule has 2 aliphatic carbocycles. The van der Waals surface area contributed by atoms with Crippen LogP contribution >= 0.6 is 11.6 Å². The fourth-order valence-electron chi connectivity index (χ4n) is 5.13. The molecule has 5 rings (SSSR count). The lowest BCUT2D eigenvalue weighted by Gasteiger charge is -2.57. The average molecular weight is 438 g/mol. The summed E-state index contributed by atoms with van der Waals surface area (Å²) in [6, 6.07) is 5.60. The first-order valence-corrected chi connectivity index (χ1v) is 12.1. The van der Waals surface area contributed by atoms with Crippen LogP contribution in [0, 0.1) is 5.41 Å². The smallest absolute Gasteiger partial charge is 0.235 e. The first-order valence-electron chi connectivity index (χ1n) is 10.2. The molecule has 7 nitrogen and oxygen atoms in total. The molecule has 3 fully saturated rings. The van der Waals surface area contributed by atoms with E-state index in [9.17, 15) is 13.2 Å². The number of nitrogens with zero attached hydrogens (tertiary/aromatic N) is 2. The number of hydrogen-bond donors (Lipinski definition) is 1. The Labute approximate surface area is 174 Å². The van der Waals surface area contributed by atoms with Crippen molar-refractivity contribution in [1.82, 2.24) is 14.6 Å². The largest absolute Gasteiger partial charge is 0.440 e. The lowest BCUT2D eigenvalue weighted by Crippen LogP contribution is -2.57. The monoisotopic (exact) mass is 437 g/mol. The fourth-order valence-corrected chi connectivity index (χ4v) is 6.84. The quantitative estimate of drug-likeness (QED) is 0.793. The number of oxazole rings is 1. The van der Waals surface area contributed by atoms with E-state index >= 15 is 0 Å². The van der Waals surface area contributed by atoms with Crippen molar-refractivity contribution in [2.75, 3.05) is 18.8 Å². The molecule has 0 unspecified atom stereocenters. The van der Waals surface area contributed by atoms with Crippen LogP contribution in [-0.4, -0.2) is 48.5 Å². The molecule has 2 aromatic rings. The van der Waals surface area contributed by atoms with Gasteiger partial charge in [-0.05, 0) is 62.1 Å². The van der Waals surface area contributed by atoms with E-state index in [4.69, 9.17) is 16.0 Å². The number of aromatic nitrogens is 1. The molecule has 0 atom stereocenters. The zero-order chi connectivity index (χ0) is 20.2. The van der Waals surface area contributed by atoms with Crippen LogP contribution in [0.25, 0.3) is 11.1 Å². The topological polar surface area (TPSA) is 92.5 Å². The molecule has 1 aliphatic heterocycles. The van der Waals surface area contributed by atoms with Crippen LogP contribution in [0.3, 0.4) is 0 Å². The maximum absolute atomic E-state index is 12.3. The van der Waals surface area contributed by atoms with Crippen LogP contribution in [0.5, 0.6) is 0 Å². The van der Waals surface area contributed by atoms with Crippen molar-refractivity contribution < 1.29 is 17.6 Å². The Bertz CT molecular complexity index is 1050. The van der Waals surface area contributed by atoms with Crippen molar-refractivity contribution in [2.45, 2.75) is 50.5 Å². The van der Waals surface area contributed by atoms with Gasteiger partial charge in [-0.15, -0.1) is 0 Å². The Hall–Kier alpha value is -1.64. The van der Waals surface area contributed by atoms with Gasteiger partial charge in [0.15, 0.2) is 11.5 Å². The van der Waals surface area contributed by atoms with Gasteiger partial charge in [-0.3, -0.25) is 4.79 Å². The average Bonchev–Trinajstić information content (AvgIpc) is 3.00. The number of amides is 1. The first-order chi connectivity index (χ1) is 13.8. The maximum atomic E-state index is 12.3. The Kier molecular flexibility index (Phi) is 4.64. The number of benzene rings is 1. The number of rotatable bonds is 4. The summed E-state index contributed by atoms with van der Waals surface area (Å²) in [5.41, 5.74) is 1.81. The van der Waals surface area contributed by atoms with Gasteiger partial charge in [-0.1, -0.05) is 11.6 Å². The molecule has 0 radical (unpaired) electrons. The molecule has 1 saturated heterocycles. The molecule has 2 heterocycles. The molecule has 29 heavy (non-hydrogen) atoms. The number of nitrogens with one attached hydrogen (secondary N) is 1. The first kappa shape index (κ1) is 19.3. The molecule has 9 heteroatoms. The normalized spacial score (nSPS) is 31.3. The number of carbonyl (C=O) groups is 1. The van der Waals surface area contributed by atoms with E-state index in [0.29, 0.717) is 23.9 Å². The van der Waals surface area contributed by atoms with Crippen LogP contribution in [0.1, 0.15) is 50.3 Å². The summed E-state index contributed by atoms with van der Waals surface area (Å²) in [6.07, 6.45) is 5.41. The second-order valence-electron chi connectivity index (χ2n) is 8.80. The second-order valence-corrected chi connectivity index (χ2v) is 11.3. The van der Waals surface area contributed by atoms with Gasteiger partial charge in [0.25, 0.3) is 0 Å². The van der Waals surface area contributed by atoms with Crippen molar-refractivity contribution in [2.24, 2.45) is 5.41 Å². The van der Waals surface area contributed by atoms with E-state index in [2.05, 4.69) is 10.3 Å². The summed E-state index contributed by atoms with van der Waals surface area (Å²) >= 11 is 6.01. The van der Waals surface area contributed by atoms with Crippen LogP contribution in [0.15, 0.2) is 22.6 Å². The van der Waals surface area contributed by atoms with Crippen LogP contribution < -0.4 is 5.32 Å². The van der Waals surface area contributed by atoms with Crippen LogP contribution in [-0.2, 0) is 14.8 Å². The summed E-state index contributed by atoms with van der Waals surface area (Å²) in [5.74, 6) is 1.05. The van der Waals surface area contributed by atoms with Gasteiger partial charge in [0.1, 0.15) is 5.52 Å². The van der Waals surface area contributed by atoms with E-state index in [1.54, 1.807) is 6.07 Å². The van der Waals surface area contributed by atoms with E-state index < -0.39 is 10.0 Å². The molecular formula is C20H24ClN3O4S. The van der Waals surface area contributed by atoms with Gasteiger partial charge in [-0.2, -0.15) is 4.31 Å². The molecule has 2 saturated carbocycles. The highest BCUT2D eigenvalue weighted by Crippen LogP contribution is 2.61. The highest BCUT2D eigenvalue weighted by atomic mass is 35.5. The minimum Gasteiger partial charge on any atom is -0.440 e. The zero-order valence-corrected chi connectivity index (χ0v) is 17.6. The summed E-state index contributed by atoms with van der Waals surface area (Å²) in [6.45, 7) is 0.391. The van der Waals surface area contributed by atoms with Crippen molar-refractivity contribution in [3.8, 4) is 0 Å². The zero-order valence-electron chi connectivity index (χ0n) is 16.1. The lowest BCUT2D eigenvalue weighted by atomic mass is 9.50. The summed E-state index contributed by atoms with van der Waals surface area (Å²) in [5, 5.41) is 3.66. The van der Waals surface area contributed by atoms with Crippen LogP contribution in [0.4, 0.5) is 0 Å². The van der Waals surface area contributed by atoms with Gasteiger partial charge >= 0.3 is 0 Å². The summed E-state index contributed by atoms with van der Waals surface area (Å²) < 4.78 is 31.2. The van der Waals surface area contributed by atoms with Gasteiger partial charge < -0.3 is 9.73 Å². The highest BCUT2D eigenvalue weighted by Gasteiger charge is 2.54. The maximum Gasteiger partial charge on any atom is 0.235 e. The van der Waals surface area contributed by atoms with Gasteiger partial charge in [0, 0.05) is 23.5 Å². The molecular weight excluding hydrogens is 414 g/mol. The Morgan fingerprint density at radius 2 is 2.07 bits per heavy atom. The summed E-state index contributed by atoms with van der Waals surface area (Å²) in [4.78, 5) is 16.9. The van der Waals surface area contributed by atoms with Crippen molar-refractivity contribution >= 4 is 38.6 Å². The Morgan fingerprint density at radius 3 is 2.83 bits per heavy atom. The standard InChI is InChI=1S/C20H24ClN3O4S/c21-14-3-4-17-16(7-14)23-19(28-17)13-8-20(9-13)10-15(11-20)22-18(25)12-24-5-1-2-6-29(24,26)27/h3-4,7,13,15H,1-2,5-6,8-12H2,(H,22,25). The highest BCUT2D eigenvalue weighted by molar-refractivity contribution is 7.89. The van der Waals surface area contributed by atoms with Crippen molar-refractivity contribution in [3.05, 3.63) is 29.1 Å². The second kappa shape index (κ2) is 6.96. The van der Waals surface area contributed by atoms with E-state index in [-0.39, 0.29) is 29.7 Å². The Balaban J connectivity index is 1.11. The summed E-state index contributed by atoms with van der Waals surface area (Å²) in [7, 11) is -3.26. The van der Waals surface area contributed by atoms with E-state index in [0.717, 1.165) is 49.1 Å². The molecule has 1 aromatic heterocycles. The minimum atomic E-state index is -3.26. The number of sulfonamides is 1. The van der Waals surface area contributed by atoms with Gasteiger partial charge in [0.2, 0.25) is 15.9 Å². The molecule has 156 valence electrons. The van der Waals surface area contributed by atoms with Gasteiger partial charge in [-0.25, -0.2) is 13.4 Å². The lowest BCUT2D eigenvalue weighted by molar-refractivity contribution is -0.125. The SMILES string of the molecule is O=C(CN1CCCCS1(=O)=O)NC1CC2(C1)CC(c1nc3cc(Cl)ccc3o1)C2. The number of hydrogen-bond acceptors (Lipinski definition) is 5. The molecule has 1 spiro atoms. The predicted molar refractivity (Wildman–Crippen MR) is 109 cm³/mol. The molecule has 1 amide bonds. The number of fused-ring (bicyclic) bond motifs is 1. The third-order valence-electron chi connectivity index (χ3n) is 6.57. The van der Waals surface area contributed by atoms with E-state index in [1.807, 2.05) is 12.1 Å². The fraction of sp³-hybridized carbons (Fsp3) is 0.600. The van der Waals surface area contributed by atoms with Crippen molar-refractivity contribution in [1.29, 1.82) is 0 Å². The van der Waals surface area contributed by atoms with Crippen LogP contribution in [0.2, 0.25) is 5.02 Å². The third-order valence-corrected chi connectivity index (χ3v) is 8.71. The molecule has 1 N–H and O–H groups in total. The molecule has 3 aliphatic rings. The predicted octanol–water partition coefficient (Wildman–Crippen LogP) is 3.05. The third kappa shape index (κ3) is 3.66. The number of carbonyl (C=O) groups excluding carboxylic acids is 1. The molecule has 0 bridgehead atoms.